The number of rotatable bonds is 8. The highest BCUT2D eigenvalue weighted by Crippen LogP contribution is 2.14. The number of hydrogen-bond donors (Lipinski definition) is 3. The molecule has 0 atom stereocenters. The molecule has 0 aliphatic heterocycles. The number of guanidine groups is 1. The van der Waals surface area contributed by atoms with E-state index in [1.807, 2.05) is 0 Å². The zero-order chi connectivity index (χ0) is 19.0. The van der Waals surface area contributed by atoms with Gasteiger partial charge in [-0.1, -0.05) is 6.07 Å². The van der Waals surface area contributed by atoms with Gasteiger partial charge in [-0.2, -0.15) is 0 Å². The molecule has 2 rings (SSSR count). The molecule has 3 N–H and O–H groups in total. The van der Waals surface area contributed by atoms with Gasteiger partial charge in [0, 0.05) is 26.7 Å². The van der Waals surface area contributed by atoms with Gasteiger partial charge < -0.3 is 10.6 Å². The molecule has 2 aromatic rings. The number of nitrogens with zero attached hydrogens (tertiary/aromatic N) is 1. The smallest absolute Gasteiger partial charge is 0.250 e. The van der Waals surface area contributed by atoms with E-state index < -0.39 is 21.7 Å². The largest absolute Gasteiger partial charge is 0.356 e. The maximum atomic E-state index is 13.5. The molecule has 0 saturated heterocycles. The van der Waals surface area contributed by atoms with Crippen molar-refractivity contribution >= 4 is 51.3 Å². The Labute approximate surface area is 178 Å². The Balaban J connectivity index is 0.00000364. The second-order valence-electron chi connectivity index (χ2n) is 5.24. The van der Waals surface area contributed by atoms with Crippen molar-refractivity contribution in [2.45, 2.75) is 10.6 Å². The van der Waals surface area contributed by atoms with Gasteiger partial charge in [0.25, 0.3) is 0 Å². The van der Waals surface area contributed by atoms with Crippen LogP contribution in [0.15, 0.2) is 44.9 Å². The lowest BCUT2D eigenvalue weighted by molar-refractivity contribution is 0.581. The molecule has 0 fully saturated rings. The first kappa shape index (κ1) is 23.7. The number of halogens is 3. The summed E-state index contributed by atoms with van der Waals surface area (Å²) in [5.41, 5.74) is 0.275. The van der Waals surface area contributed by atoms with Crippen LogP contribution < -0.4 is 15.4 Å². The molecule has 0 spiro atoms. The van der Waals surface area contributed by atoms with Crippen molar-refractivity contribution in [3.63, 3.8) is 0 Å². The number of hydrogen-bond acceptors (Lipinski definition) is 4. The van der Waals surface area contributed by atoms with E-state index in [0.717, 1.165) is 29.5 Å². The van der Waals surface area contributed by atoms with Gasteiger partial charge in [-0.3, -0.25) is 4.99 Å². The zero-order valence-electron chi connectivity index (χ0n) is 14.5. The number of nitrogens with one attached hydrogen (secondary N) is 3. The van der Waals surface area contributed by atoms with E-state index in [-0.39, 0.29) is 46.7 Å². The second-order valence-corrected chi connectivity index (χ2v) is 8.18. The summed E-state index contributed by atoms with van der Waals surface area (Å²) < 4.78 is 53.3. The molecule has 11 heteroatoms. The molecule has 1 aromatic heterocycles. The van der Waals surface area contributed by atoms with Gasteiger partial charge in [-0.15, -0.1) is 35.3 Å². The van der Waals surface area contributed by atoms with Crippen LogP contribution in [-0.2, 0) is 16.4 Å². The molecule has 0 aliphatic carbocycles. The van der Waals surface area contributed by atoms with Gasteiger partial charge in [0.2, 0.25) is 10.0 Å². The zero-order valence-corrected chi connectivity index (χ0v) is 18.5. The average Bonchev–Trinajstić information content (AvgIpc) is 3.15. The molecule has 27 heavy (non-hydrogen) atoms. The third kappa shape index (κ3) is 7.68. The molecule has 0 amide bonds. The van der Waals surface area contributed by atoms with Crippen molar-refractivity contribution in [1.29, 1.82) is 0 Å². The molecule has 1 heterocycles. The Morgan fingerprint density at radius 2 is 1.89 bits per heavy atom. The SMILES string of the molecule is CN=C(NCCNS(=O)(=O)c1cccs1)NCCc1cc(F)ccc1F.I. The Morgan fingerprint density at radius 3 is 2.56 bits per heavy atom. The highest BCUT2D eigenvalue weighted by atomic mass is 127. The predicted octanol–water partition coefficient (Wildman–Crippen LogP) is 2.33. The lowest BCUT2D eigenvalue weighted by atomic mass is 10.1. The first-order chi connectivity index (χ1) is 12.4. The summed E-state index contributed by atoms with van der Waals surface area (Å²) in [5.74, 6) is -0.502. The summed E-state index contributed by atoms with van der Waals surface area (Å²) in [4.78, 5) is 3.99. The van der Waals surface area contributed by atoms with Gasteiger partial charge in [0.15, 0.2) is 5.96 Å². The lowest BCUT2D eigenvalue weighted by Crippen LogP contribution is -2.42. The van der Waals surface area contributed by atoms with Crippen molar-refractivity contribution in [1.82, 2.24) is 15.4 Å². The van der Waals surface area contributed by atoms with E-state index in [1.165, 1.54) is 6.07 Å². The number of aliphatic imine (C=N–C) groups is 1. The Kier molecular flexibility index (Phi) is 10.1. The van der Waals surface area contributed by atoms with Gasteiger partial charge in [-0.25, -0.2) is 21.9 Å². The van der Waals surface area contributed by atoms with Crippen LogP contribution in [0.4, 0.5) is 8.78 Å². The van der Waals surface area contributed by atoms with Crippen LogP contribution in [0.2, 0.25) is 0 Å². The van der Waals surface area contributed by atoms with Crippen LogP contribution in [0.3, 0.4) is 0 Å². The number of sulfonamides is 1. The highest BCUT2D eigenvalue weighted by molar-refractivity contribution is 14.0. The van der Waals surface area contributed by atoms with Crippen molar-refractivity contribution in [3.8, 4) is 0 Å². The Bertz CT molecular complexity index is 846. The standard InChI is InChI=1S/C16H20F2N4O2S2.HI/c1-19-16(20-7-6-12-11-13(17)4-5-14(12)18)21-8-9-22-26(23,24)15-3-2-10-25-15;/h2-5,10-11,22H,6-9H2,1H3,(H2,19,20,21);1H. The minimum Gasteiger partial charge on any atom is -0.356 e. The Morgan fingerprint density at radius 1 is 1.15 bits per heavy atom. The minimum absolute atomic E-state index is 0. The predicted molar refractivity (Wildman–Crippen MR) is 114 cm³/mol. The van der Waals surface area contributed by atoms with Crippen LogP contribution in [0.5, 0.6) is 0 Å². The summed E-state index contributed by atoms with van der Waals surface area (Å²) >= 11 is 1.15. The van der Waals surface area contributed by atoms with E-state index >= 15 is 0 Å². The molecule has 0 unspecified atom stereocenters. The van der Waals surface area contributed by atoms with E-state index in [0.29, 0.717) is 19.0 Å². The molecule has 0 saturated carbocycles. The molecular weight excluding hydrogens is 509 g/mol. The average molecular weight is 530 g/mol. The fourth-order valence-electron chi connectivity index (χ4n) is 2.12. The fraction of sp³-hybridized carbons (Fsp3) is 0.312. The van der Waals surface area contributed by atoms with Crippen molar-refractivity contribution in [2.24, 2.45) is 4.99 Å². The monoisotopic (exact) mass is 530 g/mol. The van der Waals surface area contributed by atoms with E-state index in [2.05, 4.69) is 20.3 Å². The molecule has 0 aliphatic rings. The maximum Gasteiger partial charge on any atom is 0.250 e. The van der Waals surface area contributed by atoms with Crippen LogP contribution in [0, 0.1) is 11.6 Å². The lowest BCUT2D eigenvalue weighted by Gasteiger charge is -2.12. The molecule has 0 radical (unpaired) electrons. The molecular formula is C16H21F2IN4O2S2. The van der Waals surface area contributed by atoms with Gasteiger partial charge in [0.1, 0.15) is 15.8 Å². The second kappa shape index (κ2) is 11.5. The summed E-state index contributed by atoms with van der Waals surface area (Å²) in [7, 11) is -1.93. The van der Waals surface area contributed by atoms with Gasteiger partial charge in [0.05, 0.1) is 0 Å². The topological polar surface area (TPSA) is 82.6 Å². The number of thiophene rings is 1. The summed E-state index contributed by atoms with van der Waals surface area (Å²) in [5, 5.41) is 7.61. The third-order valence-corrected chi connectivity index (χ3v) is 6.25. The molecule has 150 valence electrons. The number of benzene rings is 1. The van der Waals surface area contributed by atoms with Crippen LogP contribution in [-0.4, -0.2) is 41.1 Å². The van der Waals surface area contributed by atoms with Crippen molar-refractivity contribution in [2.75, 3.05) is 26.7 Å². The van der Waals surface area contributed by atoms with Crippen LogP contribution in [0.1, 0.15) is 5.56 Å². The highest BCUT2D eigenvalue weighted by Gasteiger charge is 2.13. The van der Waals surface area contributed by atoms with Crippen LogP contribution >= 0.6 is 35.3 Å². The summed E-state index contributed by atoms with van der Waals surface area (Å²) in [6.07, 6.45) is 0.287. The third-order valence-electron chi connectivity index (χ3n) is 3.39. The van der Waals surface area contributed by atoms with Gasteiger partial charge >= 0.3 is 0 Å². The van der Waals surface area contributed by atoms with Crippen molar-refractivity contribution < 1.29 is 17.2 Å². The summed E-state index contributed by atoms with van der Waals surface area (Å²) in [6.45, 7) is 0.846. The molecule has 1 aromatic carbocycles. The van der Waals surface area contributed by atoms with E-state index in [4.69, 9.17) is 0 Å². The van der Waals surface area contributed by atoms with E-state index in [1.54, 1.807) is 18.5 Å². The fourth-order valence-corrected chi connectivity index (χ4v) is 4.19. The first-order valence-corrected chi connectivity index (χ1v) is 10.2. The molecule has 6 nitrogen and oxygen atoms in total. The normalized spacial score (nSPS) is 11.7. The molecule has 0 bridgehead atoms. The van der Waals surface area contributed by atoms with E-state index in [9.17, 15) is 17.2 Å². The van der Waals surface area contributed by atoms with Crippen molar-refractivity contribution in [3.05, 3.63) is 52.9 Å². The minimum atomic E-state index is -3.49. The maximum absolute atomic E-state index is 13.5. The van der Waals surface area contributed by atoms with Gasteiger partial charge in [-0.05, 0) is 41.6 Å². The van der Waals surface area contributed by atoms with Crippen LogP contribution in [0.25, 0.3) is 0 Å². The quantitative estimate of drug-likeness (QED) is 0.212. The Hall–Kier alpha value is -1.31. The first-order valence-electron chi connectivity index (χ1n) is 7.84. The summed E-state index contributed by atoms with van der Waals surface area (Å²) in [6, 6.07) is 6.53.